The van der Waals surface area contributed by atoms with E-state index in [0.717, 1.165) is 11.1 Å². The zero-order valence-electron chi connectivity index (χ0n) is 16.9. The SMILES string of the molecule is CCOC(=O)C1=C(C)Nc2nc(SCc3cccc(F)c3)nn2[C@H]1c1cccc(Cl)c1. The maximum atomic E-state index is 13.5. The van der Waals surface area contributed by atoms with E-state index in [9.17, 15) is 9.18 Å². The second kappa shape index (κ2) is 9.11. The van der Waals surface area contributed by atoms with Crippen molar-refractivity contribution in [3.63, 3.8) is 0 Å². The van der Waals surface area contributed by atoms with Gasteiger partial charge >= 0.3 is 5.97 Å². The fourth-order valence-corrected chi connectivity index (χ4v) is 4.40. The number of hydrogen-bond donors (Lipinski definition) is 1. The maximum Gasteiger partial charge on any atom is 0.338 e. The Kier molecular flexibility index (Phi) is 6.29. The predicted octanol–water partition coefficient (Wildman–Crippen LogP) is 5.21. The Morgan fingerprint density at radius 2 is 2.10 bits per heavy atom. The van der Waals surface area contributed by atoms with Gasteiger partial charge in [0.05, 0.1) is 12.2 Å². The van der Waals surface area contributed by atoms with Crippen LogP contribution in [0, 0.1) is 5.82 Å². The van der Waals surface area contributed by atoms with Gasteiger partial charge in [-0.25, -0.2) is 13.9 Å². The van der Waals surface area contributed by atoms with Crippen molar-refractivity contribution in [2.45, 2.75) is 30.8 Å². The molecule has 1 atom stereocenters. The van der Waals surface area contributed by atoms with Crippen LogP contribution in [-0.4, -0.2) is 27.3 Å². The number of thioether (sulfide) groups is 1. The first kappa shape index (κ1) is 21.4. The Balaban J connectivity index is 1.70. The van der Waals surface area contributed by atoms with Crippen molar-refractivity contribution < 1.29 is 13.9 Å². The highest BCUT2D eigenvalue weighted by atomic mass is 35.5. The molecule has 0 saturated heterocycles. The minimum absolute atomic E-state index is 0.261. The molecule has 0 bridgehead atoms. The molecule has 0 saturated carbocycles. The summed E-state index contributed by atoms with van der Waals surface area (Å²) in [7, 11) is 0. The molecule has 0 spiro atoms. The van der Waals surface area contributed by atoms with Crippen molar-refractivity contribution in [1.29, 1.82) is 0 Å². The minimum atomic E-state index is -0.537. The summed E-state index contributed by atoms with van der Waals surface area (Å²) in [5.41, 5.74) is 2.72. The minimum Gasteiger partial charge on any atom is -0.463 e. The van der Waals surface area contributed by atoms with Crippen LogP contribution < -0.4 is 5.32 Å². The Morgan fingerprint density at radius 3 is 2.84 bits per heavy atom. The molecule has 1 aliphatic heterocycles. The molecular formula is C22H20ClFN4O2S. The number of hydrogen-bond acceptors (Lipinski definition) is 6. The second-order valence-electron chi connectivity index (χ2n) is 6.92. The van der Waals surface area contributed by atoms with Gasteiger partial charge in [-0.3, -0.25) is 0 Å². The molecule has 9 heteroatoms. The van der Waals surface area contributed by atoms with Crippen molar-refractivity contribution in [2.75, 3.05) is 11.9 Å². The van der Waals surface area contributed by atoms with E-state index in [4.69, 9.17) is 16.3 Å². The molecule has 31 heavy (non-hydrogen) atoms. The zero-order chi connectivity index (χ0) is 22.0. The molecule has 1 N–H and O–H groups in total. The highest BCUT2D eigenvalue weighted by Crippen LogP contribution is 2.37. The molecule has 0 unspecified atom stereocenters. The van der Waals surface area contributed by atoms with E-state index in [-0.39, 0.29) is 12.4 Å². The van der Waals surface area contributed by atoms with Crippen LogP contribution >= 0.6 is 23.4 Å². The Labute approximate surface area is 188 Å². The fraction of sp³-hybridized carbons (Fsp3) is 0.227. The Bertz CT molecular complexity index is 1160. The van der Waals surface area contributed by atoms with Crippen LogP contribution in [0.2, 0.25) is 5.02 Å². The van der Waals surface area contributed by atoms with E-state index in [2.05, 4.69) is 15.4 Å². The number of carbonyl (C=O) groups is 1. The molecule has 0 radical (unpaired) electrons. The molecule has 1 aliphatic rings. The first-order chi connectivity index (χ1) is 15.0. The topological polar surface area (TPSA) is 69.0 Å². The third-order valence-corrected chi connectivity index (χ3v) is 5.89. The number of ether oxygens (including phenoxy) is 1. The van der Waals surface area contributed by atoms with Crippen LogP contribution in [-0.2, 0) is 15.3 Å². The summed E-state index contributed by atoms with van der Waals surface area (Å²) in [4.78, 5) is 17.3. The predicted molar refractivity (Wildman–Crippen MR) is 119 cm³/mol. The fourth-order valence-electron chi connectivity index (χ4n) is 3.43. The summed E-state index contributed by atoms with van der Waals surface area (Å²) in [6.07, 6.45) is 0. The lowest BCUT2D eigenvalue weighted by molar-refractivity contribution is -0.139. The van der Waals surface area contributed by atoms with Crippen molar-refractivity contribution in [3.8, 4) is 0 Å². The molecule has 2 aromatic carbocycles. The van der Waals surface area contributed by atoms with Crippen LogP contribution in [0.3, 0.4) is 0 Å². The van der Waals surface area contributed by atoms with E-state index < -0.39 is 12.0 Å². The highest BCUT2D eigenvalue weighted by molar-refractivity contribution is 7.98. The van der Waals surface area contributed by atoms with Crippen LogP contribution in [0.4, 0.5) is 10.3 Å². The van der Waals surface area contributed by atoms with E-state index >= 15 is 0 Å². The van der Waals surface area contributed by atoms with Crippen molar-refractivity contribution in [3.05, 3.63) is 81.8 Å². The first-order valence-electron chi connectivity index (χ1n) is 9.70. The van der Waals surface area contributed by atoms with Crippen LogP contribution in [0.15, 0.2) is 65.0 Å². The normalized spacial score (nSPS) is 15.4. The van der Waals surface area contributed by atoms with E-state index in [1.807, 2.05) is 25.1 Å². The largest absolute Gasteiger partial charge is 0.463 e. The Morgan fingerprint density at radius 1 is 1.29 bits per heavy atom. The second-order valence-corrected chi connectivity index (χ2v) is 8.30. The molecule has 6 nitrogen and oxygen atoms in total. The molecular weight excluding hydrogens is 439 g/mol. The van der Waals surface area contributed by atoms with Crippen molar-refractivity contribution >= 4 is 35.3 Å². The third-order valence-electron chi connectivity index (χ3n) is 4.75. The highest BCUT2D eigenvalue weighted by Gasteiger charge is 2.35. The number of esters is 1. The van der Waals surface area contributed by atoms with Gasteiger partial charge in [0.1, 0.15) is 11.9 Å². The number of carbonyl (C=O) groups excluding carboxylic acids is 1. The monoisotopic (exact) mass is 458 g/mol. The smallest absolute Gasteiger partial charge is 0.338 e. The van der Waals surface area contributed by atoms with E-state index in [0.29, 0.717) is 33.2 Å². The van der Waals surface area contributed by atoms with Gasteiger partial charge in [0.2, 0.25) is 11.1 Å². The van der Waals surface area contributed by atoms with Gasteiger partial charge in [0, 0.05) is 16.5 Å². The number of fused-ring (bicyclic) bond motifs is 1. The molecule has 3 aromatic rings. The molecule has 0 aliphatic carbocycles. The summed E-state index contributed by atoms with van der Waals surface area (Å²) in [5.74, 6) is 0.321. The van der Waals surface area contributed by atoms with Gasteiger partial charge in [0.15, 0.2) is 0 Å². The van der Waals surface area contributed by atoms with Gasteiger partial charge < -0.3 is 10.1 Å². The summed E-state index contributed by atoms with van der Waals surface area (Å²) in [6, 6.07) is 13.2. The zero-order valence-corrected chi connectivity index (χ0v) is 18.5. The molecule has 0 fully saturated rings. The number of anilines is 1. The first-order valence-corrected chi connectivity index (χ1v) is 11.1. The lowest BCUT2D eigenvalue weighted by Gasteiger charge is -2.28. The van der Waals surface area contributed by atoms with Crippen molar-refractivity contribution in [2.24, 2.45) is 0 Å². The van der Waals surface area contributed by atoms with Crippen molar-refractivity contribution in [1.82, 2.24) is 14.8 Å². The third kappa shape index (κ3) is 4.60. The van der Waals surface area contributed by atoms with Gasteiger partial charge in [-0.05, 0) is 49.2 Å². The van der Waals surface area contributed by atoms with Crippen LogP contribution in [0.1, 0.15) is 31.0 Å². The van der Waals surface area contributed by atoms with Crippen LogP contribution in [0.5, 0.6) is 0 Å². The molecule has 1 aromatic heterocycles. The summed E-state index contributed by atoms with van der Waals surface area (Å²) < 4.78 is 20.4. The summed E-state index contributed by atoms with van der Waals surface area (Å²) >= 11 is 7.61. The number of nitrogens with one attached hydrogen (secondary N) is 1. The average molecular weight is 459 g/mol. The number of rotatable bonds is 6. The number of halogens is 2. The number of allylic oxidation sites excluding steroid dienone is 1. The van der Waals surface area contributed by atoms with Gasteiger partial charge in [-0.15, -0.1) is 5.10 Å². The number of benzene rings is 2. The lowest BCUT2D eigenvalue weighted by atomic mass is 9.96. The Hall–Kier alpha value is -2.84. The summed E-state index contributed by atoms with van der Waals surface area (Å²) in [5, 5.41) is 8.85. The summed E-state index contributed by atoms with van der Waals surface area (Å²) in [6.45, 7) is 3.83. The average Bonchev–Trinajstić information content (AvgIpc) is 3.13. The van der Waals surface area contributed by atoms with E-state index in [1.165, 1.54) is 23.9 Å². The molecule has 160 valence electrons. The molecule has 2 heterocycles. The van der Waals surface area contributed by atoms with Gasteiger partial charge in [-0.2, -0.15) is 4.98 Å². The van der Waals surface area contributed by atoms with Crippen LogP contribution in [0.25, 0.3) is 0 Å². The van der Waals surface area contributed by atoms with E-state index in [1.54, 1.807) is 29.8 Å². The lowest BCUT2D eigenvalue weighted by Crippen LogP contribution is -2.29. The molecule has 0 amide bonds. The standard InChI is InChI=1S/C22H20ClFN4O2S/c1-3-30-20(29)18-13(2)25-21-26-22(31-12-14-6-4-9-17(24)10-14)27-28(21)19(18)15-7-5-8-16(23)11-15/h4-11,19H,3,12H2,1-2H3,(H,25,26,27)/t19-/m0/s1. The maximum absolute atomic E-state index is 13.5. The van der Waals surface area contributed by atoms with Gasteiger partial charge in [0.25, 0.3) is 0 Å². The number of nitrogens with zero attached hydrogens (tertiary/aromatic N) is 3. The molecule has 4 rings (SSSR count). The van der Waals surface area contributed by atoms with Gasteiger partial charge in [-0.1, -0.05) is 47.6 Å². The quantitative estimate of drug-likeness (QED) is 0.403. The number of aromatic nitrogens is 3.